The first kappa shape index (κ1) is 21.6. The summed E-state index contributed by atoms with van der Waals surface area (Å²) in [5.74, 6) is 0.340. The van der Waals surface area contributed by atoms with Gasteiger partial charge < -0.3 is 10.1 Å². The van der Waals surface area contributed by atoms with Crippen LogP contribution in [0.4, 0.5) is 5.69 Å². The fourth-order valence-corrected chi connectivity index (χ4v) is 5.38. The summed E-state index contributed by atoms with van der Waals surface area (Å²) in [6.07, 6.45) is 3.96. The first-order valence-electron chi connectivity index (χ1n) is 9.47. The van der Waals surface area contributed by atoms with Crippen LogP contribution in [0.25, 0.3) is 10.2 Å². The molecule has 1 saturated heterocycles. The lowest BCUT2D eigenvalue weighted by atomic mass is 10.2. The van der Waals surface area contributed by atoms with Crippen LogP contribution in [-0.4, -0.2) is 42.1 Å². The number of ether oxygens (including phenoxy) is 1. The van der Waals surface area contributed by atoms with Crippen LogP contribution in [0.2, 0.25) is 10.0 Å². The van der Waals surface area contributed by atoms with Gasteiger partial charge >= 0.3 is 0 Å². The van der Waals surface area contributed by atoms with Gasteiger partial charge in [0.1, 0.15) is 0 Å². The van der Waals surface area contributed by atoms with Crippen molar-refractivity contribution in [2.45, 2.75) is 23.3 Å². The zero-order valence-corrected chi connectivity index (χ0v) is 19.1. The molecule has 0 aliphatic carbocycles. The molecule has 5 nitrogen and oxygen atoms in total. The smallest absolute Gasteiger partial charge is 0.230 e. The van der Waals surface area contributed by atoms with Gasteiger partial charge in [-0.1, -0.05) is 41.0 Å². The molecule has 1 atom stereocenters. The number of amides is 1. The second kappa shape index (κ2) is 10.1. The van der Waals surface area contributed by atoms with E-state index >= 15 is 0 Å². The Hall–Kier alpha value is -1.64. The van der Waals surface area contributed by atoms with Crippen molar-refractivity contribution in [2.75, 3.05) is 18.9 Å². The van der Waals surface area contributed by atoms with Crippen molar-refractivity contribution >= 4 is 74.3 Å². The SMILES string of the molecule is O=C(CSc1nc2ccc(N=Cc3ccc(Cl)cc3Cl)cc2s1)NC[C@@H]1CCCO1. The van der Waals surface area contributed by atoms with Crippen molar-refractivity contribution in [1.29, 1.82) is 0 Å². The Morgan fingerprint density at radius 1 is 1.33 bits per heavy atom. The molecular weight excluding hydrogens is 461 g/mol. The van der Waals surface area contributed by atoms with Gasteiger partial charge in [-0.3, -0.25) is 9.79 Å². The lowest BCUT2D eigenvalue weighted by Gasteiger charge is -2.09. The maximum Gasteiger partial charge on any atom is 0.230 e. The van der Waals surface area contributed by atoms with Gasteiger partial charge in [-0.15, -0.1) is 11.3 Å². The van der Waals surface area contributed by atoms with Gasteiger partial charge in [0, 0.05) is 30.0 Å². The molecule has 1 amide bonds. The van der Waals surface area contributed by atoms with Crippen LogP contribution in [0, 0.1) is 0 Å². The summed E-state index contributed by atoms with van der Waals surface area (Å²) >= 11 is 15.1. The minimum absolute atomic E-state index is 0.000103. The summed E-state index contributed by atoms with van der Waals surface area (Å²) in [6.45, 7) is 1.37. The topological polar surface area (TPSA) is 63.6 Å². The minimum atomic E-state index is -0.000103. The Morgan fingerprint density at radius 3 is 3.03 bits per heavy atom. The zero-order chi connectivity index (χ0) is 20.9. The van der Waals surface area contributed by atoms with Crippen LogP contribution < -0.4 is 5.32 Å². The average Bonchev–Trinajstić information content (AvgIpc) is 3.39. The number of nitrogens with zero attached hydrogens (tertiary/aromatic N) is 2. The van der Waals surface area contributed by atoms with E-state index in [9.17, 15) is 4.79 Å². The van der Waals surface area contributed by atoms with Gasteiger partial charge in [0.15, 0.2) is 4.34 Å². The summed E-state index contributed by atoms with van der Waals surface area (Å²) in [7, 11) is 0. The minimum Gasteiger partial charge on any atom is -0.376 e. The normalized spacial score (nSPS) is 16.5. The van der Waals surface area contributed by atoms with Crippen LogP contribution in [0.15, 0.2) is 45.7 Å². The molecule has 1 N–H and O–H groups in total. The molecule has 0 spiro atoms. The fraction of sp³-hybridized carbons (Fsp3) is 0.286. The van der Waals surface area contributed by atoms with Crippen LogP contribution in [0.3, 0.4) is 0 Å². The van der Waals surface area contributed by atoms with Gasteiger partial charge in [-0.2, -0.15) is 0 Å². The van der Waals surface area contributed by atoms with E-state index in [4.69, 9.17) is 27.9 Å². The second-order valence-electron chi connectivity index (χ2n) is 6.78. The largest absolute Gasteiger partial charge is 0.376 e. The van der Waals surface area contributed by atoms with E-state index in [1.54, 1.807) is 29.7 Å². The highest BCUT2D eigenvalue weighted by Gasteiger charge is 2.16. The van der Waals surface area contributed by atoms with Gasteiger partial charge in [0.25, 0.3) is 0 Å². The molecule has 0 radical (unpaired) electrons. The summed E-state index contributed by atoms with van der Waals surface area (Å²) in [5, 5.41) is 4.08. The monoisotopic (exact) mass is 479 g/mol. The Kier molecular flexibility index (Phi) is 7.28. The predicted octanol–water partition coefficient (Wildman–Crippen LogP) is 5.74. The Labute approximate surface area is 192 Å². The van der Waals surface area contributed by atoms with E-state index in [1.807, 2.05) is 24.3 Å². The lowest BCUT2D eigenvalue weighted by molar-refractivity contribution is -0.119. The molecular formula is C21H19Cl2N3O2S2. The third kappa shape index (κ3) is 5.74. The highest BCUT2D eigenvalue weighted by Crippen LogP contribution is 2.32. The van der Waals surface area contributed by atoms with E-state index < -0.39 is 0 Å². The maximum atomic E-state index is 12.1. The molecule has 0 saturated carbocycles. The maximum absolute atomic E-state index is 12.1. The molecule has 1 fully saturated rings. The van der Waals surface area contributed by atoms with Crippen molar-refractivity contribution in [3.05, 3.63) is 52.0 Å². The quantitative estimate of drug-likeness (QED) is 0.346. The van der Waals surface area contributed by atoms with E-state index in [2.05, 4.69) is 15.3 Å². The Balaban J connectivity index is 1.36. The van der Waals surface area contributed by atoms with E-state index in [0.717, 1.165) is 45.3 Å². The van der Waals surface area contributed by atoms with E-state index in [0.29, 0.717) is 22.3 Å². The zero-order valence-electron chi connectivity index (χ0n) is 15.9. The molecule has 0 unspecified atom stereocenters. The molecule has 2 aromatic carbocycles. The van der Waals surface area contributed by atoms with Crippen LogP contribution in [0.5, 0.6) is 0 Å². The number of fused-ring (bicyclic) bond motifs is 1. The molecule has 1 aromatic heterocycles. The standard InChI is InChI=1S/C21H19Cl2N3O2S2/c22-14-4-3-13(17(23)8-14)10-24-15-5-6-18-19(9-15)30-21(26-18)29-12-20(27)25-11-16-2-1-7-28-16/h3-6,8-10,16H,1-2,7,11-12H2,(H,25,27)/t16-/m0/s1. The molecule has 0 bridgehead atoms. The van der Waals surface area contributed by atoms with Crippen molar-refractivity contribution in [3.63, 3.8) is 0 Å². The van der Waals surface area contributed by atoms with Crippen LogP contribution in [0.1, 0.15) is 18.4 Å². The summed E-state index contributed by atoms with van der Waals surface area (Å²) < 4.78 is 7.40. The number of carbonyl (C=O) groups excluding carboxylic acids is 1. The van der Waals surface area contributed by atoms with Gasteiger partial charge in [-0.25, -0.2) is 4.98 Å². The highest BCUT2D eigenvalue weighted by molar-refractivity contribution is 8.01. The van der Waals surface area contributed by atoms with Crippen molar-refractivity contribution in [1.82, 2.24) is 10.3 Å². The molecule has 2 heterocycles. The number of thiazole rings is 1. The van der Waals surface area contributed by atoms with Gasteiger partial charge in [0.05, 0.1) is 32.8 Å². The summed E-state index contributed by atoms with van der Waals surface area (Å²) in [5.41, 5.74) is 2.50. The molecule has 3 aromatic rings. The molecule has 30 heavy (non-hydrogen) atoms. The van der Waals surface area contributed by atoms with Crippen molar-refractivity contribution in [2.24, 2.45) is 4.99 Å². The number of hydrogen-bond acceptors (Lipinski definition) is 6. The van der Waals surface area contributed by atoms with E-state index in [1.165, 1.54) is 11.8 Å². The summed E-state index contributed by atoms with van der Waals surface area (Å²) in [4.78, 5) is 21.2. The molecule has 4 rings (SSSR count). The number of rotatable bonds is 7. The first-order valence-corrected chi connectivity index (χ1v) is 12.0. The number of aromatic nitrogens is 1. The molecule has 1 aliphatic heterocycles. The number of halogens is 2. The number of hydrogen-bond donors (Lipinski definition) is 1. The fourth-order valence-electron chi connectivity index (χ4n) is 3.00. The second-order valence-corrected chi connectivity index (χ2v) is 9.88. The molecule has 156 valence electrons. The number of aliphatic imine (C=N–C) groups is 1. The lowest BCUT2D eigenvalue weighted by Crippen LogP contribution is -2.32. The number of thioether (sulfide) groups is 1. The average molecular weight is 480 g/mol. The van der Waals surface area contributed by atoms with Gasteiger partial charge in [-0.05, 0) is 43.2 Å². The summed E-state index contributed by atoms with van der Waals surface area (Å²) in [6, 6.07) is 11.1. The Morgan fingerprint density at radius 2 is 2.23 bits per heavy atom. The third-order valence-corrected chi connectivity index (χ3v) is 7.27. The van der Waals surface area contributed by atoms with Crippen molar-refractivity contribution in [3.8, 4) is 0 Å². The number of carbonyl (C=O) groups is 1. The number of nitrogens with one attached hydrogen (secondary N) is 1. The van der Waals surface area contributed by atoms with E-state index in [-0.39, 0.29) is 12.0 Å². The first-order chi connectivity index (χ1) is 14.6. The molecule has 1 aliphatic rings. The highest BCUT2D eigenvalue weighted by atomic mass is 35.5. The van der Waals surface area contributed by atoms with Crippen LogP contribution in [-0.2, 0) is 9.53 Å². The number of benzene rings is 2. The van der Waals surface area contributed by atoms with Crippen LogP contribution >= 0.6 is 46.3 Å². The van der Waals surface area contributed by atoms with Crippen molar-refractivity contribution < 1.29 is 9.53 Å². The Bertz CT molecular complexity index is 1080. The third-order valence-electron chi connectivity index (χ3n) is 4.55. The molecule has 9 heteroatoms. The van der Waals surface area contributed by atoms with Gasteiger partial charge in [0.2, 0.25) is 5.91 Å². The predicted molar refractivity (Wildman–Crippen MR) is 126 cm³/mol.